The van der Waals surface area contributed by atoms with Crippen LogP contribution in [-0.4, -0.2) is 35.2 Å². The summed E-state index contributed by atoms with van der Waals surface area (Å²) < 4.78 is 0. The zero-order valence-electron chi connectivity index (χ0n) is 10.1. The fourth-order valence-electron chi connectivity index (χ4n) is 1.32. The number of hydrogen-bond acceptors (Lipinski definition) is 3. The molecule has 1 amide bonds. The van der Waals surface area contributed by atoms with E-state index in [1.165, 1.54) is 0 Å². The van der Waals surface area contributed by atoms with Gasteiger partial charge in [-0.05, 0) is 11.3 Å². The molecule has 5 nitrogen and oxygen atoms in total. The van der Waals surface area contributed by atoms with Crippen molar-refractivity contribution in [3.63, 3.8) is 0 Å². The minimum Gasteiger partial charge on any atom is -0.481 e. The summed E-state index contributed by atoms with van der Waals surface area (Å²) in [4.78, 5) is 22.0. The Morgan fingerprint density at radius 2 is 1.88 bits per heavy atom. The lowest BCUT2D eigenvalue weighted by Crippen LogP contribution is -2.33. The van der Waals surface area contributed by atoms with Crippen LogP contribution in [0.2, 0.25) is 0 Å². The Labute approximate surface area is 95.9 Å². The Hall–Kier alpha value is -1.10. The van der Waals surface area contributed by atoms with Gasteiger partial charge in [0.05, 0.1) is 6.42 Å². The van der Waals surface area contributed by atoms with Crippen molar-refractivity contribution in [3.8, 4) is 0 Å². The van der Waals surface area contributed by atoms with Crippen LogP contribution < -0.4 is 5.32 Å². The topological polar surface area (TPSA) is 86.6 Å². The molecule has 0 heterocycles. The Balaban J connectivity index is 3.98. The maximum atomic E-state index is 11.5. The number of amides is 1. The lowest BCUT2D eigenvalue weighted by atomic mass is 9.85. The summed E-state index contributed by atoms with van der Waals surface area (Å²) in [6.07, 6.45) is 0.146. The molecule has 0 spiro atoms. The quantitative estimate of drug-likeness (QED) is 0.599. The predicted molar refractivity (Wildman–Crippen MR) is 59.9 cm³/mol. The zero-order chi connectivity index (χ0) is 12.8. The van der Waals surface area contributed by atoms with Crippen molar-refractivity contribution in [1.29, 1.82) is 0 Å². The number of aliphatic hydroxyl groups excluding tert-OH is 1. The fraction of sp³-hybridized carbons (Fsp3) is 0.818. The third-order valence-corrected chi connectivity index (χ3v) is 2.23. The highest BCUT2D eigenvalue weighted by atomic mass is 16.4. The number of carboxylic acid groups (broad SMARTS) is 1. The van der Waals surface area contributed by atoms with Gasteiger partial charge in [-0.15, -0.1) is 0 Å². The van der Waals surface area contributed by atoms with Gasteiger partial charge in [0.15, 0.2) is 0 Å². The van der Waals surface area contributed by atoms with Crippen LogP contribution in [0.25, 0.3) is 0 Å². The first kappa shape index (κ1) is 14.9. The molecule has 0 aromatic rings. The van der Waals surface area contributed by atoms with Crippen molar-refractivity contribution in [3.05, 3.63) is 0 Å². The Morgan fingerprint density at radius 1 is 1.31 bits per heavy atom. The van der Waals surface area contributed by atoms with E-state index < -0.39 is 11.4 Å². The van der Waals surface area contributed by atoms with Gasteiger partial charge in [-0.25, -0.2) is 0 Å². The van der Waals surface area contributed by atoms with Crippen molar-refractivity contribution in [1.82, 2.24) is 5.32 Å². The second-order valence-electron chi connectivity index (χ2n) is 5.00. The molecule has 0 saturated carbocycles. The van der Waals surface area contributed by atoms with Crippen LogP contribution in [0.5, 0.6) is 0 Å². The van der Waals surface area contributed by atoms with Crippen LogP contribution in [-0.2, 0) is 9.59 Å². The molecule has 0 fully saturated rings. The average molecular weight is 231 g/mol. The number of aliphatic hydroxyl groups is 1. The van der Waals surface area contributed by atoms with Gasteiger partial charge in [0, 0.05) is 19.6 Å². The number of carbonyl (C=O) groups is 2. The summed E-state index contributed by atoms with van der Waals surface area (Å²) in [6, 6.07) is 0. The average Bonchev–Trinajstić information content (AvgIpc) is 2.11. The lowest BCUT2D eigenvalue weighted by Gasteiger charge is -2.21. The molecule has 3 N–H and O–H groups in total. The number of carbonyl (C=O) groups excluding carboxylic acids is 1. The number of nitrogens with one attached hydrogen (secondary N) is 1. The highest BCUT2D eigenvalue weighted by Crippen LogP contribution is 2.24. The SMILES string of the molecule is CC(CO)CNC(=O)CC(C)(C)CC(=O)O. The van der Waals surface area contributed by atoms with E-state index in [1.807, 2.05) is 6.92 Å². The molecule has 0 aliphatic carbocycles. The first-order valence-electron chi connectivity index (χ1n) is 5.36. The minimum atomic E-state index is -0.901. The molecule has 0 rings (SSSR count). The van der Waals surface area contributed by atoms with E-state index in [9.17, 15) is 9.59 Å². The maximum absolute atomic E-state index is 11.5. The van der Waals surface area contributed by atoms with Crippen molar-refractivity contribution in [2.45, 2.75) is 33.6 Å². The molecule has 0 saturated heterocycles. The first-order chi connectivity index (χ1) is 7.26. The normalized spacial score (nSPS) is 13.2. The molecule has 94 valence electrons. The fourth-order valence-corrected chi connectivity index (χ4v) is 1.32. The number of rotatable bonds is 7. The van der Waals surface area contributed by atoms with Gasteiger partial charge in [0.2, 0.25) is 5.91 Å². The number of hydrogen-bond donors (Lipinski definition) is 3. The summed E-state index contributed by atoms with van der Waals surface area (Å²) in [6.45, 7) is 5.76. The van der Waals surface area contributed by atoms with Crippen LogP contribution in [0.4, 0.5) is 0 Å². The molecular weight excluding hydrogens is 210 g/mol. The highest BCUT2D eigenvalue weighted by Gasteiger charge is 2.25. The van der Waals surface area contributed by atoms with E-state index in [0.29, 0.717) is 6.54 Å². The molecule has 1 atom stereocenters. The monoisotopic (exact) mass is 231 g/mol. The molecule has 0 aromatic carbocycles. The Kier molecular flexibility index (Phi) is 6.03. The first-order valence-corrected chi connectivity index (χ1v) is 5.36. The van der Waals surface area contributed by atoms with E-state index in [0.717, 1.165) is 0 Å². The van der Waals surface area contributed by atoms with Crippen LogP contribution >= 0.6 is 0 Å². The van der Waals surface area contributed by atoms with Gasteiger partial charge < -0.3 is 15.5 Å². The maximum Gasteiger partial charge on any atom is 0.303 e. The van der Waals surface area contributed by atoms with Crippen LogP contribution in [0.15, 0.2) is 0 Å². The van der Waals surface area contributed by atoms with Gasteiger partial charge >= 0.3 is 5.97 Å². The third-order valence-electron chi connectivity index (χ3n) is 2.23. The minimum absolute atomic E-state index is 0.0199. The number of carboxylic acids is 1. The highest BCUT2D eigenvalue weighted by molar-refractivity contribution is 5.77. The standard InChI is InChI=1S/C11H21NO4/c1-8(7-13)6-12-9(14)4-11(2,3)5-10(15)16/h8,13H,4-7H2,1-3H3,(H,12,14)(H,15,16). The summed E-state index contributed by atoms with van der Waals surface area (Å²) in [7, 11) is 0. The Bertz CT molecular complexity index is 250. The van der Waals surface area contributed by atoms with Crippen molar-refractivity contribution >= 4 is 11.9 Å². The summed E-state index contributed by atoms with van der Waals surface area (Å²) in [5.41, 5.74) is -0.543. The molecule has 0 aliphatic heterocycles. The summed E-state index contributed by atoms with van der Waals surface area (Å²) in [5.74, 6) is -1.06. The van der Waals surface area contributed by atoms with Crippen molar-refractivity contribution < 1.29 is 19.8 Å². The van der Waals surface area contributed by atoms with E-state index in [-0.39, 0.29) is 31.3 Å². The van der Waals surface area contributed by atoms with E-state index >= 15 is 0 Å². The number of aliphatic carboxylic acids is 1. The van der Waals surface area contributed by atoms with E-state index in [1.54, 1.807) is 13.8 Å². The predicted octanol–water partition coefficient (Wildman–Crippen LogP) is 0.622. The Morgan fingerprint density at radius 3 is 2.31 bits per heavy atom. The lowest BCUT2D eigenvalue weighted by molar-refractivity contribution is -0.139. The van der Waals surface area contributed by atoms with Gasteiger partial charge in [0.25, 0.3) is 0 Å². The molecule has 1 unspecified atom stereocenters. The summed E-state index contributed by atoms with van der Waals surface area (Å²) in [5, 5.41) is 20.1. The zero-order valence-corrected chi connectivity index (χ0v) is 10.1. The molecule has 0 aromatic heterocycles. The molecule has 0 bridgehead atoms. The molecule has 0 aliphatic rings. The third kappa shape index (κ3) is 7.23. The smallest absolute Gasteiger partial charge is 0.303 e. The summed E-state index contributed by atoms with van der Waals surface area (Å²) >= 11 is 0. The van der Waals surface area contributed by atoms with Gasteiger partial charge in [-0.1, -0.05) is 20.8 Å². The molecule has 16 heavy (non-hydrogen) atoms. The van der Waals surface area contributed by atoms with Gasteiger partial charge in [-0.3, -0.25) is 9.59 Å². The van der Waals surface area contributed by atoms with E-state index in [2.05, 4.69) is 5.32 Å². The molecule has 0 radical (unpaired) electrons. The van der Waals surface area contributed by atoms with Crippen molar-refractivity contribution in [2.75, 3.05) is 13.2 Å². The van der Waals surface area contributed by atoms with Crippen LogP contribution in [0, 0.1) is 11.3 Å². The largest absolute Gasteiger partial charge is 0.481 e. The van der Waals surface area contributed by atoms with Gasteiger partial charge in [-0.2, -0.15) is 0 Å². The van der Waals surface area contributed by atoms with E-state index in [4.69, 9.17) is 10.2 Å². The second-order valence-corrected chi connectivity index (χ2v) is 5.00. The van der Waals surface area contributed by atoms with Crippen LogP contribution in [0.1, 0.15) is 33.6 Å². The van der Waals surface area contributed by atoms with Crippen LogP contribution in [0.3, 0.4) is 0 Å². The van der Waals surface area contributed by atoms with Crippen molar-refractivity contribution in [2.24, 2.45) is 11.3 Å². The molecule has 5 heteroatoms. The molecular formula is C11H21NO4. The second kappa shape index (κ2) is 6.48. The van der Waals surface area contributed by atoms with Gasteiger partial charge in [0.1, 0.15) is 0 Å².